The number of rotatable bonds is 3. The Labute approximate surface area is 50.1 Å². The van der Waals surface area contributed by atoms with Crippen LogP contribution in [0.5, 0.6) is 0 Å². The van der Waals surface area contributed by atoms with Gasteiger partial charge in [0.05, 0.1) is 6.04 Å². The van der Waals surface area contributed by atoms with E-state index >= 15 is 0 Å². The van der Waals surface area contributed by atoms with E-state index in [4.69, 9.17) is 5.73 Å². The molecule has 0 fully saturated rings. The third kappa shape index (κ3) is 2.07. The molecule has 0 aliphatic heterocycles. The van der Waals surface area contributed by atoms with Gasteiger partial charge < -0.3 is 10.5 Å². The van der Waals surface area contributed by atoms with Crippen molar-refractivity contribution in [3.8, 4) is 0 Å². The molecule has 0 amide bonds. The molecule has 0 aliphatic carbocycles. The molecule has 2 nitrogen and oxygen atoms in total. The molecular formula is C6H13NO. The standard InChI is InChI=1S/C6H13NO/c1-3-5(2)6(7)4-8/h4-6H,3,7H2,1-2H3/t5-,6+/m0/s1. The number of aldehydes is 1. The molecule has 0 aromatic rings. The van der Waals surface area contributed by atoms with Crippen molar-refractivity contribution in [1.29, 1.82) is 0 Å². The van der Waals surface area contributed by atoms with E-state index in [0.717, 1.165) is 12.7 Å². The second-order valence-electron chi connectivity index (χ2n) is 2.10. The summed E-state index contributed by atoms with van der Waals surface area (Å²) in [7, 11) is 0. The lowest BCUT2D eigenvalue weighted by Gasteiger charge is -2.09. The van der Waals surface area contributed by atoms with Gasteiger partial charge in [0.25, 0.3) is 0 Å². The molecule has 0 heterocycles. The Morgan fingerprint density at radius 2 is 2.25 bits per heavy atom. The highest BCUT2D eigenvalue weighted by Crippen LogP contribution is 2.01. The van der Waals surface area contributed by atoms with Gasteiger partial charge in [0, 0.05) is 0 Å². The topological polar surface area (TPSA) is 43.1 Å². The normalized spacial score (nSPS) is 17.4. The molecule has 2 N–H and O–H groups in total. The summed E-state index contributed by atoms with van der Waals surface area (Å²) >= 11 is 0. The summed E-state index contributed by atoms with van der Waals surface area (Å²) in [6, 6.07) is -0.264. The van der Waals surface area contributed by atoms with Gasteiger partial charge in [0.1, 0.15) is 6.29 Å². The van der Waals surface area contributed by atoms with Gasteiger partial charge in [-0.15, -0.1) is 0 Å². The van der Waals surface area contributed by atoms with Crippen LogP contribution in [-0.2, 0) is 4.79 Å². The van der Waals surface area contributed by atoms with Gasteiger partial charge in [-0.3, -0.25) is 0 Å². The van der Waals surface area contributed by atoms with Crippen LogP contribution in [0.4, 0.5) is 0 Å². The Morgan fingerprint density at radius 3 is 2.38 bits per heavy atom. The first-order valence-corrected chi connectivity index (χ1v) is 2.93. The monoisotopic (exact) mass is 115 g/mol. The number of carbonyl (C=O) groups is 1. The molecule has 2 atom stereocenters. The van der Waals surface area contributed by atoms with Gasteiger partial charge in [-0.25, -0.2) is 0 Å². The molecule has 0 spiro atoms. The number of hydrogen-bond donors (Lipinski definition) is 1. The van der Waals surface area contributed by atoms with Crippen molar-refractivity contribution in [3.63, 3.8) is 0 Å². The zero-order valence-corrected chi connectivity index (χ0v) is 5.42. The van der Waals surface area contributed by atoms with Gasteiger partial charge in [-0.1, -0.05) is 20.3 Å². The minimum atomic E-state index is -0.264. The zero-order valence-electron chi connectivity index (χ0n) is 5.42. The maximum absolute atomic E-state index is 9.98. The lowest BCUT2D eigenvalue weighted by Crippen LogP contribution is -2.28. The van der Waals surface area contributed by atoms with Crippen LogP contribution in [0.15, 0.2) is 0 Å². The lowest BCUT2D eigenvalue weighted by atomic mass is 10.0. The van der Waals surface area contributed by atoms with Gasteiger partial charge in [-0.2, -0.15) is 0 Å². The minimum absolute atomic E-state index is 0.264. The van der Waals surface area contributed by atoms with E-state index in [1.54, 1.807) is 0 Å². The Balaban J connectivity index is 3.44. The van der Waals surface area contributed by atoms with Gasteiger partial charge >= 0.3 is 0 Å². The molecule has 0 radical (unpaired) electrons. The van der Waals surface area contributed by atoms with Crippen molar-refractivity contribution in [2.75, 3.05) is 0 Å². The first-order valence-electron chi connectivity index (χ1n) is 2.93. The predicted octanol–water partition coefficient (Wildman–Crippen LogP) is 0.559. The van der Waals surface area contributed by atoms with E-state index in [9.17, 15) is 4.79 Å². The van der Waals surface area contributed by atoms with Crippen molar-refractivity contribution < 1.29 is 4.79 Å². The van der Waals surface area contributed by atoms with Crippen LogP contribution in [0.2, 0.25) is 0 Å². The maximum Gasteiger partial charge on any atom is 0.136 e. The molecule has 2 heteroatoms. The van der Waals surface area contributed by atoms with E-state index in [1.807, 2.05) is 13.8 Å². The van der Waals surface area contributed by atoms with E-state index in [0.29, 0.717) is 5.92 Å². The first-order chi connectivity index (χ1) is 3.72. The Hall–Kier alpha value is -0.370. The van der Waals surface area contributed by atoms with Crippen molar-refractivity contribution in [3.05, 3.63) is 0 Å². The largest absolute Gasteiger partial charge is 0.322 e. The van der Waals surface area contributed by atoms with Crippen LogP contribution in [-0.4, -0.2) is 12.3 Å². The van der Waals surface area contributed by atoms with Crippen molar-refractivity contribution in [2.24, 2.45) is 11.7 Å². The smallest absolute Gasteiger partial charge is 0.136 e. The summed E-state index contributed by atoms with van der Waals surface area (Å²) in [5.74, 6) is 0.326. The Morgan fingerprint density at radius 1 is 1.75 bits per heavy atom. The molecule has 0 aliphatic rings. The summed E-state index contributed by atoms with van der Waals surface area (Å²) in [6.45, 7) is 3.99. The van der Waals surface area contributed by atoms with E-state index in [2.05, 4.69) is 0 Å². The average molecular weight is 115 g/mol. The summed E-state index contributed by atoms with van der Waals surface area (Å²) in [5.41, 5.74) is 5.36. The summed E-state index contributed by atoms with van der Waals surface area (Å²) in [5, 5.41) is 0. The molecule has 0 saturated carbocycles. The predicted molar refractivity (Wildman–Crippen MR) is 33.5 cm³/mol. The average Bonchev–Trinajstić information content (AvgIpc) is 1.84. The van der Waals surface area contributed by atoms with Crippen molar-refractivity contribution >= 4 is 6.29 Å². The van der Waals surface area contributed by atoms with Crippen LogP contribution in [0.1, 0.15) is 20.3 Å². The molecule has 0 rings (SSSR count). The van der Waals surface area contributed by atoms with Gasteiger partial charge in [0.2, 0.25) is 0 Å². The molecule has 0 bridgehead atoms. The second kappa shape index (κ2) is 3.61. The van der Waals surface area contributed by atoms with E-state index in [1.165, 1.54) is 0 Å². The second-order valence-corrected chi connectivity index (χ2v) is 2.10. The number of nitrogens with two attached hydrogens (primary N) is 1. The van der Waals surface area contributed by atoms with E-state index < -0.39 is 0 Å². The molecule has 48 valence electrons. The number of hydrogen-bond acceptors (Lipinski definition) is 2. The van der Waals surface area contributed by atoms with Gasteiger partial charge in [-0.05, 0) is 5.92 Å². The molecule has 0 saturated heterocycles. The first kappa shape index (κ1) is 7.63. The summed E-state index contributed by atoms with van der Waals surface area (Å²) in [6.07, 6.45) is 1.77. The molecule has 8 heavy (non-hydrogen) atoms. The van der Waals surface area contributed by atoms with Crippen LogP contribution in [0.25, 0.3) is 0 Å². The highest BCUT2D eigenvalue weighted by molar-refractivity contribution is 5.57. The van der Waals surface area contributed by atoms with Crippen LogP contribution < -0.4 is 5.73 Å². The minimum Gasteiger partial charge on any atom is -0.322 e. The lowest BCUT2D eigenvalue weighted by molar-refractivity contribution is -0.109. The highest BCUT2D eigenvalue weighted by Gasteiger charge is 2.07. The number of carbonyl (C=O) groups excluding carboxylic acids is 1. The maximum atomic E-state index is 9.98. The Bertz CT molecular complexity index is 72.9. The quantitative estimate of drug-likeness (QED) is 0.546. The molecule has 0 aromatic heterocycles. The third-order valence-corrected chi connectivity index (χ3v) is 1.46. The fraction of sp³-hybridized carbons (Fsp3) is 0.833. The Kier molecular flexibility index (Phi) is 3.44. The fourth-order valence-corrected chi connectivity index (χ4v) is 0.406. The van der Waals surface area contributed by atoms with Gasteiger partial charge in [0.15, 0.2) is 0 Å². The van der Waals surface area contributed by atoms with E-state index in [-0.39, 0.29) is 6.04 Å². The zero-order chi connectivity index (χ0) is 6.57. The SMILES string of the molecule is CC[C@H](C)[C@H](N)C=O. The summed E-state index contributed by atoms with van der Waals surface area (Å²) in [4.78, 5) is 9.98. The van der Waals surface area contributed by atoms with Crippen molar-refractivity contribution in [2.45, 2.75) is 26.3 Å². The van der Waals surface area contributed by atoms with Crippen LogP contribution >= 0.6 is 0 Å². The highest BCUT2D eigenvalue weighted by atomic mass is 16.1. The van der Waals surface area contributed by atoms with Crippen LogP contribution in [0, 0.1) is 5.92 Å². The fourth-order valence-electron chi connectivity index (χ4n) is 0.406. The van der Waals surface area contributed by atoms with Crippen LogP contribution in [0.3, 0.4) is 0 Å². The summed E-state index contributed by atoms with van der Waals surface area (Å²) < 4.78 is 0. The molecule has 0 aromatic carbocycles. The molecule has 0 unspecified atom stereocenters. The third-order valence-electron chi connectivity index (χ3n) is 1.46. The van der Waals surface area contributed by atoms with Crippen molar-refractivity contribution in [1.82, 2.24) is 0 Å². The molecular weight excluding hydrogens is 102 g/mol.